The van der Waals surface area contributed by atoms with Crippen LogP contribution in [-0.4, -0.2) is 85.6 Å². The summed E-state index contributed by atoms with van der Waals surface area (Å²) in [6.45, 7) is -0.0780. The number of rotatable bonds is 9. The summed E-state index contributed by atoms with van der Waals surface area (Å²) in [5.41, 5.74) is 1.01. The molecule has 5 atom stereocenters. The molecule has 0 spiro atoms. The first-order valence-corrected chi connectivity index (χ1v) is 10.5. The lowest BCUT2D eigenvalue weighted by Gasteiger charge is -2.40. The van der Waals surface area contributed by atoms with E-state index in [1.54, 1.807) is 18.2 Å². The normalized spacial score (nSPS) is 24.7. The van der Waals surface area contributed by atoms with Crippen molar-refractivity contribution >= 4 is 18.1 Å². The third kappa shape index (κ3) is 6.94. The van der Waals surface area contributed by atoms with E-state index in [0.29, 0.717) is 11.1 Å². The van der Waals surface area contributed by atoms with Gasteiger partial charge >= 0.3 is 5.97 Å². The van der Waals surface area contributed by atoms with Gasteiger partial charge in [-0.2, -0.15) is 0 Å². The van der Waals surface area contributed by atoms with Gasteiger partial charge in [0, 0.05) is 6.08 Å². The van der Waals surface area contributed by atoms with E-state index in [1.165, 1.54) is 36.4 Å². The van der Waals surface area contributed by atoms with Crippen molar-refractivity contribution in [3.63, 3.8) is 0 Å². The molecule has 0 aromatic heterocycles. The summed E-state index contributed by atoms with van der Waals surface area (Å²) >= 11 is 0. The number of aliphatic carboxylic acids is 1. The van der Waals surface area contributed by atoms with Gasteiger partial charge in [-0.15, -0.1) is 0 Å². The number of aliphatic hydroxyl groups is 3. The highest BCUT2D eigenvalue weighted by molar-refractivity contribution is 5.85. The van der Waals surface area contributed by atoms with Gasteiger partial charge < -0.3 is 50.0 Å². The summed E-state index contributed by atoms with van der Waals surface area (Å²) in [6, 6.07) is 8.34. The van der Waals surface area contributed by atoms with Crippen molar-refractivity contribution in [2.45, 2.75) is 30.7 Å². The summed E-state index contributed by atoms with van der Waals surface area (Å²) in [5, 5.41) is 68.4. The van der Waals surface area contributed by atoms with Crippen molar-refractivity contribution in [2.75, 3.05) is 13.2 Å². The van der Waals surface area contributed by atoms with E-state index < -0.39 is 36.7 Å². The molecule has 1 aliphatic heterocycles. The number of phenols is 3. The molecule has 11 nitrogen and oxygen atoms in total. The first-order valence-electron chi connectivity index (χ1n) is 10.5. The summed E-state index contributed by atoms with van der Waals surface area (Å²) in [5.74, 6) is -2.10. The van der Waals surface area contributed by atoms with Gasteiger partial charge in [0.25, 0.3) is 0 Å². The van der Waals surface area contributed by atoms with Crippen LogP contribution in [-0.2, 0) is 14.3 Å². The average Bonchev–Trinajstić information content (AvgIpc) is 2.82. The van der Waals surface area contributed by atoms with Gasteiger partial charge in [0.1, 0.15) is 24.4 Å². The zero-order valence-electron chi connectivity index (χ0n) is 18.3. The second kappa shape index (κ2) is 11.7. The third-order valence-corrected chi connectivity index (χ3v) is 5.12. The summed E-state index contributed by atoms with van der Waals surface area (Å²) in [6.07, 6.45) is -1.79. The topological polar surface area (TPSA) is 186 Å². The van der Waals surface area contributed by atoms with Gasteiger partial charge in [-0.25, -0.2) is 4.79 Å². The van der Waals surface area contributed by atoms with Crippen LogP contribution in [0.15, 0.2) is 48.6 Å². The molecule has 1 unspecified atom stereocenters. The molecule has 1 heterocycles. The SMILES string of the molecule is O=C(O)/C=C/c1ccc(OC2O[C@H](COC/C=C/c3ccc(O)c(O)c3)[C@@H](O)[C@H](O)[C@H]2O)c(O)c1. The van der Waals surface area contributed by atoms with Crippen molar-refractivity contribution in [1.29, 1.82) is 0 Å². The van der Waals surface area contributed by atoms with Crippen molar-refractivity contribution < 1.29 is 54.8 Å². The van der Waals surface area contributed by atoms with E-state index in [0.717, 1.165) is 6.08 Å². The molecule has 0 radical (unpaired) electrons. The molecule has 0 aliphatic carbocycles. The van der Waals surface area contributed by atoms with Crippen LogP contribution in [0, 0.1) is 0 Å². The van der Waals surface area contributed by atoms with Gasteiger partial charge in [-0.05, 0) is 41.5 Å². The van der Waals surface area contributed by atoms with Crippen LogP contribution >= 0.6 is 0 Å². The largest absolute Gasteiger partial charge is 0.504 e. The molecule has 1 saturated heterocycles. The molecule has 0 bridgehead atoms. The van der Waals surface area contributed by atoms with Crippen molar-refractivity contribution in [3.8, 4) is 23.0 Å². The number of aromatic hydroxyl groups is 3. The Labute approximate surface area is 200 Å². The van der Waals surface area contributed by atoms with Gasteiger partial charge in [-0.3, -0.25) is 0 Å². The molecular weight excluding hydrogens is 464 g/mol. The van der Waals surface area contributed by atoms with Crippen molar-refractivity contribution in [2.24, 2.45) is 0 Å². The Morgan fingerprint density at radius 1 is 0.886 bits per heavy atom. The fraction of sp³-hybridized carbons (Fsp3) is 0.292. The molecule has 7 N–H and O–H groups in total. The molecule has 11 heteroatoms. The molecular formula is C24H26O11. The van der Waals surface area contributed by atoms with Crippen LogP contribution < -0.4 is 4.74 Å². The number of benzene rings is 2. The molecule has 35 heavy (non-hydrogen) atoms. The quantitative estimate of drug-likeness (QED) is 0.150. The molecule has 0 saturated carbocycles. The molecule has 2 aromatic rings. The maximum absolute atomic E-state index is 10.6. The predicted molar refractivity (Wildman–Crippen MR) is 122 cm³/mol. The Hall–Kier alpha value is -3.61. The van der Waals surface area contributed by atoms with Crippen LogP contribution in [0.3, 0.4) is 0 Å². The number of hydrogen-bond acceptors (Lipinski definition) is 10. The molecule has 2 aromatic carbocycles. The summed E-state index contributed by atoms with van der Waals surface area (Å²) < 4.78 is 16.5. The number of phenolic OH excluding ortho intramolecular Hbond substituents is 3. The second-order valence-electron chi connectivity index (χ2n) is 7.72. The summed E-state index contributed by atoms with van der Waals surface area (Å²) in [7, 11) is 0. The smallest absolute Gasteiger partial charge is 0.328 e. The minimum atomic E-state index is -1.63. The minimum Gasteiger partial charge on any atom is -0.504 e. The maximum atomic E-state index is 10.6. The number of ether oxygens (including phenoxy) is 3. The lowest BCUT2D eigenvalue weighted by molar-refractivity contribution is -0.279. The van der Waals surface area contributed by atoms with E-state index in [-0.39, 0.29) is 36.2 Å². The maximum Gasteiger partial charge on any atom is 0.328 e. The van der Waals surface area contributed by atoms with Gasteiger partial charge in [0.05, 0.1) is 13.2 Å². The molecule has 3 rings (SSSR count). The van der Waals surface area contributed by atoms with Crippen LogP contribution in [0.1, 0.15) is 11.1 Å². The van der Waals surface area contributed by atoms with Gasteiger partial charge in [0.2, 0.25) is 6.29 Å². The minimum absolute atomic E-state index is 0.0878. The number of hydrogen-bond donors (Lipinski definition) is 7. The molecule has 1 fully saturated rings. The highest BCUT2D eigenvalue weighted by atomic mass is 16.7. The lowest BCUT2D eigenvalue weighted by atomic mass is 9.99. The van der Waals surface area contributed by atoms with E-state index in [4.69, 9.17) is 19.3 Å². The monoisotopic (exact) mass is 490 g/mol. The standard InChI is InChI=1S/C24H26O11/c25-15-6-3-13(10-16(15)26)2-1-9-33-12-19-21(30)22(31)23(32)24(35-19)34-18-7-4-14(11-17(18)27)5-8-20(28)29/h1-8,10-11,19,21-27,30-32H,9,12H2,(H,28,29)/b2-1+,8-5+/t19-,21-,22+,23-,24?/m1/s1. The molecule has 1 aliphatic rings. The number of aliphatic hydroxyl groups excluding tert-OH is 3. The van der Waals surface area contributed by atoms with E-state index in [9.17, 15) is 35.4 Å². The van der Waals surface area contributed by atoms with Crippen molar-refractivity contribution in [1.82, 2.24) is 0 Å². The Morgan fingerprint density at radius 2 is 1.57 bits per heavy atom. The predicted octanol–water partition coefficient (Wildman–Crippen LogP) is 0.818. The fourth-order valence-electron chi connectivity index (χ4n) is 3.26. The average molecular weight is 490 g/mol. The first kappa shape index (κ1) is 26.0. The van der Waals surface area contributed by atoms with Crippen molar-refractivity contribution in [3.05, 3.63) is 59.7 Å². The zero-order chi connectivity index (χ0) is 25.5. The Bertz CT molecular complexity index is 1080. The highest BCUT2D eigenvalue weighted by Gasteiger charge is 2.45. The zero-order valence-corrected chi connectivity index (χ0v) is 18.3. The van der Waals surface area contributed by atoms with Crippen LogP contribution in [0.25, 0.3) is 12.2 Å². The number of carboxylic acid groups (broad SMARTS) is 1. The highest BCUT2D eigenvalue weighted by Crippen LogP contribution is 2.31. The van der Waals surface area contributed by atoms with Crippen LogP contribution in [0.4, 0.5) is 0 Å². The Morgan fingerprint density at radius 3 is 2.26 bits per heavy atom. The lowest BCUT2D eigenvalue weighted by Crippen LogP contribution is -2.60. The first-order chi connectivity index (χ1) is 16.7. The second-order valence-corrected chi connectivity index (χ2v) is 7.72. The summed E-state index contributed by atoms with van der Waals surface area (Å²) in [4.78, 5) is 10.6. The fourth-order valence-corrected chi connectivity index (χ4v) is 3.26. The Kier molecular flexibility index (Phi) is 8.68. The number of carbonyl (C=O) groups is 1. The van der Waals surface area contributed by atoms with E-state index in [2.05, 4.69) is 0 Å². The molecule has 188 valence electrons. The Balaban J connectivity index is 1.58. The van der Waals surface area contributed by atoms with Crippen LogP contribution in [0.5, 0.6) is 23.0 Å². The number of carboxylic acids is 1. The van der Waals surface area contributed by atoms with E-state index >= 15 is 0 Å². The van der Waals surface area contributed by atoms with Crippen LogP contribution in [0.2, 0.25) is 0 Å². The third-order valence-electron chi connectivity index (χ3n) is 5.12. The van der Waals surface area contributed by atoms with Gasteiger partial charge in [-0.1, -0.05) is 24.3 Å². The van der Waals surface area contributed by atoms with E-state index in [1.807, 2.05) is 0 Å². The molecule has 0 amide bonds. The van der Waals surface area contributed by atoms with Gasteiger partial charge in [0.15, 0.2) is 23.0 Å².